The van der Waals surface area contributed by atoms with Gasteiger partial charge in [-0.2, -0.15) is 4.98 Å². The molecule has 0 aliphatic carbocycles. The minimum atomic E-state index is -0.283. The summed E-state index contributed by atoms with van der Waals surface area (Å²) in [4.78, 5) is 43.0. The summed E-state index contributed by atoms with van der Waals surface area (Å²) in [6.07, 6.45) is 1.12. The van der Waals surface area contributed by atoms with Crippen molar-refractivity contribution in [3.63, 3.8) is 0 Å². The van der Waals surface area contributed by atoms with E-state index in [-0.39, 0.29) is 36.7 Å². The lowest BCUT2D eigenvalue weighted by Gasteiger charge is -2.31. The minimum absolute atomic E-state index is 0.0640. The fourth-order valence-electron chi connectivity index (χ4n) is 3.69. The molecule has 1 fully saturated rings. The Hall–Kier alpha value is -4.01. The normalized spacial score (nSPS) is 14.0. The van der Waals surface area contributed by atoms with E-state index in [0.717, 1.165) is 5.56 Å². The first-order chi connectivity index (χ1) is 16.1. The molecule has 1 aliphatic rings. The number of likely N-dealkylation sites (tertiary alicyclic amines) is 1. The van der Waals surface area contributed by atoms with Crippen LogP contribution in [0.15, 0.2) is 65.2 Å². The Morgan fingerprint density at radius 2 is 1.61 bits per heavy atom. The second kappa shape index (κ2) is 10.5. The molecule has 0 saturated carbocycles. The molecule has 0 unspecified atom stereocenters. The molecule has 3 aromatic rings. The number of benzene rings is 2. The van der Waals surface area contributed by atoms with E-state index in [1.807, 2.05) is 36.4 Å². The molecule has 2 aromatic carbocycles. The smallest absolute Gasteiger partial charge is 0.251 e. The second-order valence-electron chi connectivity index (χ2n) is 7.80. The fourth-order valence-corrected chi connectivity index (χ4v) is 3.69. The van der Waals surface area contributed by atoms with Crippen LogP contribution in [0.2, 0.25) is 0 Å². The van der Waals surface area contributed by atoms with Gasteiger partial charge in [-0.25, -0.2) is 0 Å². The van der Waals surface area contributed by atoms with Crippen molar-refractivity contribution in [2.75, 3.05) is 19.6 Å². The van der Waals surface area contributed by atoms with E-state index in [4.69, 9.17) is 4.52 Å². The Kier molecular flexibility index (Phi) is 7.09. The Morgan fingerprint density at radius 1 is 0.939 bits per heavy atom. The highest BCUT2D eigenvalue weighted by Crippen LogP contribution is 2.18. The van der Waals surface area contributed by atoms with E-state index in [1.165, 1.54) is 0 Å². The molecule has 9 heteroatoms. The molecule has 1 aliphatic heterocycles. The van der Waals surface area contributed by atoms with E-state index in [2.05, 4.69) is 20.8 Å². The Bertz CT molecular complexity index is 1090. The van der Waals surface area contributed by atoms with Crippen molar-refractivity contribution in [1.29, 1.82) is 0 Å². The summed E-state index contributed by atoms with van der Waals surface area (Å²) in [5.74, 6) is 0.0884. The van der Waals surface area contributed by atoms with Gasteiger partial charge < -0.3 is 20.1 Å². The third kappa shape index (κ3) is 5.82. The lowest BCUT2D eigenvalue weighted by molar-refractivity contribution is -0.134. The number of hydrogen-bond donors (Lipinski definition) is 2. The van der Waals surface area contributed by atoms with Crippen LogP contribution in [0, 0.1) is 5.92 Å². The van der Waals surface area contributed by atoms with E-state index in [1.54, 1.807) is 29.2 Å². The number of piperidine rings is 1. The van der Waals surface area contributed by atoms with E-state index < -0.39 is 0 Å². The zero-order valence-electron chi connectivity index (χ0n) is 18.1. The van der Waals surface area contributed by atoms with Crippen LogP contribution < -0.4 is 10.6 Å². The third-order valence-electron chi connectivity index (χ3n) is 5.57. The van der Waals surface area contributed by atoms with E-state index >= 15 is 0 Å². The molecule has 2 heterocycles. The molecular weight excluding hydrogens is 422 g/mol. The molecule has 2 N–H and O–H groups in total. The quantitative estimate of drug-likeness (QED) is 0.572. The van der Waals surface area contributed by atoms with Gasteiger partial charge in [0.1, 0.15) is 0 Å². The van der Waals surface area contributed by atoms with E-state index in [0.29, 0.717) is 43.2 Å². The van der Waals surface area contributed by atoms with Crippen LogP contribution in [0.4, 0.5) is 0 Å². The number of carbonyl (C=O) groups excluding carboxylic acids is 3. The van der Waals surface area contributed by atoms with Gasteiger partial charge in [-0.3, -0.25) is 14.4 Å². The molecular formula is C24H25N5O4. The van der Waals surface area contributed by atoms with Gasteiger partial charge in [0.2, 0.25) is 23.5 Å². The largest absolute Gasteiger partial charge is 0.347 e. The molecule has 1 aromatic heterocycles. The zero-order valence-corrected chi connectivity index (χ0v) is 18.1. The highest BCUT2D eigenvalue weighted by atomic mass is 16.5. The van der Waals surface area contributed by atoms with Crippen LogP contribution in [0.1, 0.15) is 29.1 Å². The maximum absolute atomic E-state index is 12.5. The minimum Gasteiger partial charge on any atom is -0.347 e. The number of nitrogens with one attached hydrogen (secondary N) is 2. The first-order valence-corrected chi connectivity index (χ1v) is 10.9. The summed E-state index contributed by atoms with van der Waals surface area (Å²) in [6, 6.07) is 18.2. The number of nitrogens with zero attached hydrogens (tertiary/aromatic N) is 3. The van der Waals surface area contributed by atoms with Crippen molar-refractivity contribution >= 4 is 17.7 Å². The Labute approximate surface area is 191 Å². The highest BCUT2D eigenvalue weighted by molar-refractivity contribution is 5.96. The predicted molar refractivity (Wildman–Crippen MR) is 120 cm³/mol. The summed E-state index contributed by atoms with van der Waals surface area (Å²) in [6.45, 7) is 1.03. The lowest BCUT2D eigenvalue weighted by atomic mass is 9.96. The van der Waals surface area contributed by atoms with Crippen molar-refractivity contribution in [3.8, 4) is 11.4 Å². The van der Waals surface area contributed by atoms with Gasteiger partial charge in [-0.05, 0) is 25.0 Å². The summed E-state index contributed by atoms with van der Waals surface area (Å²) < 4.78 is 5.22. The van der Waals surface area contributed by atoms with Gasteiger partial charge in [-0.1, -0.05) is 53.7 Å². The summed E-state index contributed by atoms with van der Waals surface area (Å²) in [5.41, 5.74) is 1.36. The molecule has 9 nitrogen and oxygen atoms in total. The highest BCUT2D eigenvalue weighted by Gasteiger charge is 2.27. The molecule has 0 spiro atoms. The number of hydrogen-bond acceptors (Lipinski definition) is 6. The van der Waals surface area contributed by atoms with Crippen molar-refractivity contribution < 1.29 is 18.9 Å². The van der Waals surface area contributed by atoms with Gasteiger partial charge in [0, 0.05) is 30.1 Å². The van der Waals surface area contributed by atoms with Crippen LogP contribution in [-0.2, 0) is 16.1 Å². The van der Waals surface area contributed by atoms with Gasteiger partial charge in [0.15, 0.2) is 0 Å². The van der Waals surface area contributed by atoms with Crippen molar-refractivity contribution in [1.82, 2.24) is 25.7 Å². The molecule has 0 radical (unpaired) electrons. The fraction of sp³-hybridized carbons (Fsp3) is 0.292. The van der Waals surface area contributed by atoms with Crippen LogP contribution in [-0.4, -0.2) is 52.4 Å². The SMILES string of the molecule is O=C(NCC(=O)N1CCC(C(=O)NCc2nc(-c3ccccc3)no2)CC1)c1ccccc1. The number of amides is 3. The Balaban J connectivity index is 1.19. The number of aromatic nitrogens is 2. The van der Waals surface area contributed by atoms with E-state index in [9.17, 15) is 14.4 Å². The van der Waals surface area contributed by atoms with Crippen LogP contribution >= 0.6 is 0 Å². The number of carbonyl (C=O) groups is 3. The lowest BCUT2D eigenvalue weighted by Crippen LogP contribution is -2.46. The molecule has 170 valence electrons. The van der Waals surface area contributed by atoms with Gasteiger partial charge >= 0.3 is 0 Å². The van der Waals surface area contributed by atoms with Crippen molar-refractivity contribution in [2.24, 2.45) is 5.92 Å². The molecule has 1 saturated heterocycles. The molecule has 4 rings (SSSR count). The second-order valence-corrected chi connectivity index (χ2v) is 7.80. The van der Waals surface area contributed by atoms with Gasteiger partial charge in [-0.15, -0.1) is 0 Å². The van der Waals surface area contributed by atoms with Gasteiger partial charge in [0.05, 0.1) is 13.1 Å². The van der Waals surface area contributed by atoms with Crippen LogP contribution in [0.3, 0.4) is 0 Å². The summed E-state index contributed by atoms with van der Waals surface area (Å²) in [5, 5.41) is 9.43. The monoisotopic (exact) mass is 447 g/mol. The average molecular weight is 447 g/mol. The zero-order chi connectivity index (χ0) is 23.0. The summed E-state index contributed by atoms with van der Waals surface area (Å²) >= 11 is 0. The van der Waals surface area contributed by atoms with Crippen molar-refractivity contribution in [2.45, 2.75) is 19.4 Å². The summed E-state index contributed by atoms with van der Waals surface area (Å²) in [7, 11) is 0. The average Bonchev–Trinajstić information content (AvgIpc) is 3.36. The number of rotatable bonds is 7. The van der Waals surface area contributed by atoms with Crippen molar-refractivity contribution in [3.05, 3.63) is 72.1 Å². The topological polar surface area (TPSA) is 117 Å². The maximum Gasteiger partial charge on any atom is 0.251 e. The third-order valence-corrected chi connectivity index (χ3v) is 5.57. The van der Waals surface area contributed by atoms with Crippen LogP contribution in [0.25, 0.3) is 11.4 Å². The maximum atomic E-state index is 12.5. The molecule has 0 bridgehead atoms. The molecule has 3 amide bonds. The first kappa shape index (κ1) is 22.2. The Morgan fingerprint density at radius 3 is 2.30 bits per heavy atom. The molecule has 0 atom stereocenters. The first-order valence-electron chi connectivity index (χ1n) is 10.9. The molecule has 33 heavy (non-hydrogen) atoms. The van der Waals surface area contributed by atoms with Gasteiger partial charge in [0.25, 0.3) is 5.91 Å². The van der Waals surface area contributed by atoms with Crippen LogP contribution in [0.5, 0.6) is 0 Å². The predicted octanol–water partition coefficient (Wildman–Crippen LogP) is 2.02. The standard InChI is InChI=1S/C24H25N5O4/c30-21(16-26-23(31)18-9-5-2-6-10-18)29-13-11-19(12-14-29)24(32)25-15-20-27-22(28-33-20)17-7-3-1-4-8-17/h1-10,19H,11-16H2,(H,25,32)(H,26,31).